The molecule has 0 aliphatic heterocycles. The standard InChI is InChI=1S/C15H12S/c1-2-6-11-7-5-10-14-15(11)12-8-3-4-9-13(12)16-14/h2-10H,1H3/b6-2+. The van der Waals surface area contributed by atoms with Gasteiger partial charge in [-0.15, -0.1) is 11.3 Å². The van der Waals surface area contributed by atoms with Gasteiger partial charge in [0.15, 0.2) is 0 Å². The van der Waals surface area contributed by atoms with Crippen LogP contribution < -0.4 is 0 Å². The largest absolute Gasteiger partial charge is 0.135 e. The third kappa shape index (κ3) is 1.36. The molecule has 0 aliphatic carbocycles. The van der Waals surface area contributed by atoms with Gasteiger partial charge in [-0.1, -0.05) is 42.5 Å². The quantitative estimate of drug-likeness (QED) is 0.540. The summed E-state index contributed by atoms with van der Waals surface area (Å²) >= 11 is 1.87. The number of rotatable bonds is 1. The van der Waals surface area contributed by atoms with Gasteiger partial charge in [-0.25, -0.2) is 0 Å². The smallest absolute Gasteiger partial charge is 0.0361 e. The Morgan fingerprint density at radius 3 is 2.62 bits per heavy atom. The lowest BCUT2D eigenvalue weighted by Gasteiger charge is -1.97. The highest BCUT2D eigenvalue weighted by Gasteiger charge is 2.06. The van der Waals surface area contributed by atoms with E-state index in [2.05, 4.69) is 61.5 Å². The molecule has 0 N–H and O–H groups in total. The van der Waals surface area contributed by atoms with Crippen LogP contribution in [0.1, 0.15) is 12.5 Å². The van der Waals surface area contributed by atoms with Crippen LogP contribution in [0.2, 0.25) is 0 Å². The Hall–Kier alpha value is -1.60. The van der Waals surface area contributed by atoms with Gasteiger partial charge in [-0.2, -0.15) is 0 Å². The molecule has 1 heteroatoms. The Kier molecular flexibility index (Phi) is 2.26. The summed E-state index contributed by atoms with van der Waals surface area (Å²) in [5.41, 5.74) is 1.32. The van der Waals surface area contributed by atoms with Crippen molar-refractivity contribution in [3.63, 3.8) is 0 Å². The average molecular weight is 224 g/mol. The second kappa shape index (κ2) is 3.76. The summed E-state index contributed by atoms with van der Waals surface area (Å²) in [5.74, 6) is 0. The van der Waals surface area contributed by atoms with Crippen LogP contribution in [0, 0.1) is 0 Å². The summed E-state index contributed by atoms with van der Waals surface area (Å²) in [4.78, 5) is 0. The summed E-state index contributed by atoms with van der Waals surface area (Å²) < 4.78 is 2.74. The normalized spacial score (nSPS) is 11.8. The van der Waals surface area contributed by atoms with E-state index in [0.717, 1.165) is 0 Å². The second-order valence-corrected chi connectivity index (χ2v) is 4.90. The molecule has 0 saturated carbocycles. The molecule has 0 amide bonds. The third-order valence-corrected chi connectivity index (χ3v) is 3.92. The second-order valence-electron chi connectivity index (χ2n) is 3.82. The van der Waals surface area contributed by atoms with Crippen molar-refractivity contribution in [3.05, 3.63) is 54.1 Å². The molecule has 1 heterocycles. The zero-order valence-corrected chi connectivity index (χ0v) is 9.92. The van der Waals surface area contributed by atoms with Gasteiger partial charge >= 0.3 is 0 Å². The monoisotopic (exact) mass is 224 g/mol. The minimum Gasteiger partial charge on any atom is -0.135 e. The highest BCUT2D eigenvalue weighted by atomic mass is 32.1. The molecule has 0 aliphatic rings. The van der Waals surface area contributed by atoms with E-state index in [4.69, 9.17) is 0 Å². The van der Waals surface area contributed by atoms with E-state index in [9.17, 15) is 0 Å². The first-order valence-electron chi connectivity index (χ1n) is 5.43. The molecule has 0 bridgehead atoms. The molecule has 0 fully saturated rings. The first kappa shape index (κ1) is 9.61. The molecule has 0 atom stereocenters. The number of benzene rings is 2. The Labute approximate surface area is 98.8 Å². The van der Waals surface area contributed by atoms with Gasteiger partial charge < -0.3 is 0 Å². The molecular weight excluding hydrogens is 212 g/mol. The van der Waals surface area contributed by atoms with Gasteiger partial charge in [-0.05, 0) is 24.6 Å². The van der Waals surface area contributed by atoms with Crippen LogP contribution in [-0.2, 0) is 0 Å². The molecule has 0 spiro atoms. The molecule has 0 nitrogen and oxygen atoms in total. The fourth-order valence-electron chi connectivity index (χ4n) is 2.12. The first-order chi connectivity index (χ1) is 7.90. The molecule has 1 aromatic heterocycles. The van der Waals surface area contributed by atoms with E-state index in [0.29, 0.717) is 0 Å². The van der Waals surface area contributed by atoms with E-state index >= 15 is 0 Å². The van der Waals surface area contributed by atoms with Gasteiger partial charge in [0, 0.05) is 20.2 Å². The molecular formula is C15H12S. The molecule has 3 rings (SSSR count). The molecule has 0 radical (unpaired) electrons. The maximum atomic E-state index is 2.21. The number of hydrogen-bond donors (Lipinski definition) is 0. The number of thiophene rings is 1. The number of hydrogen-bond acceptors (Lipinski definition) is 1. The third-order valence-electron chi connectivity index (χ3n) is 2.78. The first-order valence-corrected chi connectivity index (χ1v) is 6.25. The highest BCUT2D eigenvalue weighted by Crippen LogP contribution is 2.36. The fraction of sp³-hybridized carbons (Fsp3) is 0.0667. The summed E-state index contributed by atoms with van der Waals surface area (Å²) in [6, 6.07) is 15.1. The van der Waals surface area contributed by atoms with Gasteiger partial charge in [0.05, 0.1) is 0 Å². The van der Waals surface area contributed by atoms with E-state index < -0.39 is 0 Å². The van der Waals surface area contributed by atoms with E-state index in [1.807, 2.05) is 11.3 Å². The van der Waals surface area contributed by atoms with Crippen molar-refractivity contribution in [2.45, 2.75) is 6.92 Å². The van der Waals surface area contributed by atoms with Crippen LogP contribution in [0.15, 0.2) is 48.5 Å². The van der Waals surface area contributed by atoms with E-state index in [1.165, 1.54) is 25.7 Å². The Balaban J connectivity index is 2.52. The number of fused-ring (bicyclic) bond motifs is 3. The highest BCUT2D eigenvalue weighted by molar-refractivity contribution is 7.25. The predicted octanol–water partition coefficient (Wildman–Crippen LogP) is 5.09. The van der Waals surface area contributed by atoms with Crippen molar-refractivity contribution < 1.29 is 0 Å². The van der Waals surface area contributed by atoms with Crippen LogP contribution in [0.3, 0.4) is 0 Å². The van der Waals surface area contributed by atoms with Crippen molar-refractivity contribution in [2.75, 3.05) is 0 Å². The summed E-state index contributed by atoms with van der Waals surface area (Å²) in [6.45, 7) is 2.06. The minimum absolute atomic E-state index is 1.32. The predicted molar refractivity (Wildman–Crippen MR) is 74.0 cm³/mol. The van der Waals surface area contributed by atoms with Gasteiger partial charge in [0.1, 0.15) is 0 Å². The van der Waals surface area contributed by atoms with Gasteiger partial charge in [0.2, 0.25) is 0 Å². The van der Waals surface area contributed by atoms with Gasteiger partial charge in [-0.3, -0.25) is 0 Å². The average Bonchev–Trinajstić information content (AvgIpc) is 2.68. The van der Waals surface area contributed by atoms with E-state index in [-0.39, 0.29) is 0 Å². The lowest BCUT2D eigenvalue weighted by atomic mass is 10.1. The Bertz CT molecular complexity index is 674. The van der Waals surface area contributed by atoms with Crippen LogP contribution in [-0.4, -0.2) is 0 Å². The van der Waals surface area contributed by atoms with Crippen molar-refractivity contribution in [1.82, 2.24) is 0 Å². The molecule has 16 heavy (non-hydrogen) atoms. The maximum absolute atomic E-state index is 2.21. The van der Waals surface area contributed by atoms with Gasteiger partial charge in [0.25, 0.3) is 0 Å². The summed E-state index contributed by atoms with van der Waals surface area (Å²) in [5, 5.41) is 2.76. The van der Waals surface area contributed by atoms with E-state index in [1.54, 1.807) is 0 Å². The maximum Gasteiger partial charge on any atom is 0.0361 e. The Morgan fingerprint density at radius 1 is 0.938 bits per heavy atom. The SMILES string of the molecule is C/C=C/c1cccc2sc3ccccc3c12. The minimum atomic E-state index is 1.32. The summed E-state index contributed by atoms with van der Waals surface area (Å²) in [7, 11) is 0. The summed E-state index contributed by atoms with van der Waals surface area (Å²) in [6.07, 6.45) is 4.28. The zero-order chi connectivity index (χ0) is 11.0. The number of allylic oxidation sites excluding steroid dienone is 1. The molecule has 3 aromatic rings. The van der Waals surface area contributed by atoms with Crippen LogP contribution in [0.5, 0.6) is 0 Å². The zero-order valence-electron chi connectivity index (χ0n) is 9.10. The van der Waals surface area contributed by atoms with Crippen LogP contribution in [0.4, 0.5) is 0 Å². The molecule has 0 saturated heterocycles. The van der Waals surface area contributed by atoms with Crippen molar-refractivity contribution in [3.8, 4) is 0 Å². The topological polar surface area (TPSA) is 0 Å². The Morgan fingerprint density at radius 2 is 1.75 bits per heavy atom. The van der Waals surface area contributed by atoms with Crippen molar-refractivity contribution >= 4 is 37.6 Å². The van der Waals surface area contributed by atoms with Crippen LogP contribution >= 0.6 is 11.3 Å². The molecule has 2 aromatic carbocycles. The molecule has 0 unspecified atom stereocenters. The lowest BCUT2D eigenvalue weighted by molar-refractivity contribution is 1.74. The van der Waals surface area contributed by atoms with Crippen LogP contribution in [0.25, 0.3) is 26.2 Å². The fourth-order valence-corrected chi connectivity index (χ4v) is 3.26. The molecule has 78 valence electrons. The van der Waals surface area contributed by atoms with Crippen molar-refractivity contribution in [1.29, 1.82) is 0 Å². The van der Waals surface area contributed by atoms with Crippen molar-refractivity contribution in [2.24, 2.45) is 0 Å². The lowest BCUT2D eigenvalue weighted by Crippen LogP contribution is -1.73.